The van der Waals surface area contributed by atoms with Crippen molar-refractivity contribution in [2.45, 2.75) is 20.4 Å². The highest BCUT2D eigenvalue weighted by Gasteiger charge is 2.17. The summed E-state index contributed by atoms with van der Waals surface area (Å²) in [4.78, 5) is 24.8. The molecule has 0 aliphatic carbocycles. The Labute approximate surface area is 175 Å². The summed E-state index contributed by atoms with van der Waals surface area (Å²) in [5, 5.41) is 6.52. The SMILES string of the molecule is COCCNC(=O)c1cc2cc(NC(=O)C(C)C)ccc2n1Cc1cccc(F)c1. The van der Waals surface area contributed by atoms with Crippen molar-refractivity contribution in [3.63, 3.8) is 0 Å². The molecule has 1 aromatic heterocycles. The van der Waals surface area contributed by atoms with Crippen molar-refractivity contribution in [1.29, 1.82) is 0 Å². The Morgan fingerprint density at radius 2 is 1.93 bits per heavy atom. The summed E-state index contributed by atoms with van der Waals surface area (Å²) in [6.07, 6.45) is 0. The first-order valence-corrected chi connectivity index (χ1v) is 9.84. The Morgan fingerprint density at radius 1 is 1.13 bits per heavy atom. The number of anilines is 1. The van der Waals surface area contributed by atoms with Crippen LogP contribution in [0, 0.1) is 11.7 Å². The van der Waals surface area contributed by atoms with Gasteiger partial charge >= 0.3 is 0 Å². The lowest BCUT2D eigenvalue weighted by molar-refractivity contribution is -0.118. The number of halogens is 1. The number of hydrogen-bond donors (Lipinski definition) is 2. The molecule has 1 heterocycles. The van der Waals surface area contributed by atoms with Gasteiger partial charge in [-0.3, -0.25) is 9.59 Å². The monoisotopic (exact) mass is 411 g/mol. The van der Waals surface area contributed by atoms with Crippen molar-refractivity contribution in [1.82, 2.24) is 9.88 Å². The van der Waals surface area contributed by atoms with E-state index in [-0.39, 0.29) is 23.5 Å². The van der Waals surface area contributed by atoms with Gasteiger partial charge in [0.2, 0.25) is 5.91 Å². The predicted molar refractivity (Wildman–Crippen MR) is 115 cm³/mol. The molecule has 0 saturated heterocycles. The van der Waals surface area contributed by atoms with E-state index in [0.717, 1.165) is 16.5 Å². The molecule has 0 bridgehead atoms. The molecule has 0 aliphatic heterocycles. The minimum Gasteiger partial charge on any atom is -0.383 e. The van der Waals surface area contributed by atoms with Crippen LogP contribution < -0.4 is 10.6 Å². The molecule has 7 heteroatoms. The van der Waals surface area contributed by atoms with Crippen molar-refractivity contribution in [2.75, 3.05) is 25.6 Å². The van der Waals surface area contributed by atoms with Crippen LogP contribution in [-0.4, -0.2) is 36.6 Å². The van der Waals surface area contributed by atoms with Crippen molar-refractivity contribution >= 4 is 28.4 Å². The number of carbonyl (C=O) groups is 2. The number of amides is 2. The number of nitrogens with one attached hydrogen (secondary N) is 2. The Hall–Kier alpha value is -3.19. The van der Waals surface area contributed by atoms with E-state index >= 15 is 0 Å². The van der Waals surface area contributed by atoms with E-state index in [1.807, 2.05) is 36.6 Å². The van der Waals surface area contributed by atoms with Crippen LogP contribution in [0.1, 0.15) is 29.9 Å². The zero-order valence-electron chi connectivity index (χ0n) is 17.4. The number of aromatic nitrogens is 1. The molecule has 0 aliphatic rings. The molecule has 0 saturated carbocycles. The molecule has 0 spiro atoms. The third-order valence-corrected chi connectivity index (χ3v) is 4.75. The Balaban J connectivity index is 1.99. The van der Waals surface area contributed by atoms with Gasteiger partial charge in [-0.1, -0.05) is 26.0 Å². The third kappa shape index (κ3) is 5.04. The van der Waals surface area contributed by atoms with Gasteiger partial charge < -0.3 is 19.9 Å². The zero-order chi connectivity index (χ0) is 21.7. The van der Waals surface area contributed by atoms with Crippen LogP contribution in [-0.2, 0) is 16.1 Å². The summed E-state index contributed by atoms with van der Waals surface area (Å²) < 4.78 is 20.5. The molecule has 3 aromatic rings. The van der Waals surface area contributed by atoms with Crippen LogP contribution in [0.4, 0.5) is 10.1 Å². The molecule has 3 rings (SSSR count). The van der Waals surface area contributed by atoms with Crippen LogP contribution in [0.2, 0.25) is 0 Å². The maximum Gasteiger partial charge on any atom is 0.268 e. The number of methoxy groups -OCH3 is 1. The maximum atomic E-state index is 13.7. The molecule has 6 nitrogen and oxygen atoms in total. The van der Waals surface area contributed by atoms with Crippen molar-refractivity contribution in [2.24, 2.45) is 5.92 Å². The fourth-order valence-electron chi connectivity index (χ4n) is 3.17. The second kappa shape index (κ2) is 9.54. The molecule has 30 heavy (non-hydrogen) atoms. The standard InChI is InChI=1S/C23H26FN3O3/c1-15(2)22(28)26-19-7-8-20-17(12-19)13-21(23(29)25-9-10-30-3)27(20)14-16-5-4-6-18(24)11-16/h4-8,11-13,15H,9-10,14H2,1-3H3,(H,25,29)(H,26,28). The molecular weight excluding hydrogens is 385 g/mol. The van der Waals surface area contributed by atoms with Gasteiger partial charge in [0, 0.05) is 42.7 Å². The topological polar surface area (TPSA) is 72.4 Å². The summed E-state index contributed by atoms with van der Waals surface area (Å²) in [7, 11) is 1.57. The molecule has 0 atom stereocenters. The second-order valence-electron chi connectivity index (χ2n) is 7.41. The Kier molecular flexibility index (Phi) is 6.84. The van der Waals surface area contributed by atoms with E-state index in [0.29, 0.717) is 31.1 Å². The van der Waals surface area contributed by atoms with E-state index < -0.39 is 0 Å². The summed E-state index contributed by atoms with van der Waals surface area (Å²) in [6.45, 7) is 4.78. The number of carbonyl (C=O) groups excluding carboxylic acids is 2. The molecular formula is C23H26FN3O3. The van der Waals surface area contributed by atoms with Crippen molar-refractivity contribution in [3.8, 4) is 0 Å². The fraction of sp³-hybridized carbons (Fsp3) is 0.304. The molecule has 158 valence electrons. The average molecular weight is 411 g/mol. The van der Waals surface area contributed by atoms with Gasteiger partial charge in [-0.25, -0.2) is 4.39 Å². The molecule has 2 aromatic carbocycles. The Morgan fingerprint density at radius 3 is 2.63 bits per heavy atom. The smallest absolute Gasteiger partial charge is 0.268 e. The first-order chi connectivity index (χ1) is 14.4. The first-order valence-electron chi connectivity index (χ1n) is 9.84. The number of ether oxygens (including phenoxy) is 1. The fourth-order valence-corrected chi connectivity index (χ4v) is 3.17. The Bertz CT molecular complexity index is 1060. The van der Waals surface area contributed by atoms with Crippen LogP contribution in [0.25, 0.3) is 10.9 Å². The van der Waals surface area contributed by atoms with Gasteiger partial charge in [0.15, 0.2) is 0 Å². The van der Waals surface area contributed by atoms with Gasteiger partial charge in [0.25, 0.3) is 5.91 Å². The van der Waals surface area contributed by atoms with Crippen molar-refractivity contribution in [3.05, 3.63) is 65.6 Å². The highest BCUT2D eigenvalue weighted by molar-refractivity contribution is 6.00. The number of benzene rings is 2. The van der Waals surface area contributed by atoms with Crippen LogP contribution in [0.3, 0.4) is 0 Å². The summed E-state index contributed by atoms with van der Waals surface area (Å²) in [6, 6.07) is 13.6. The quantitative estimate of drug-likeness (QED) is 0.554. The largest absolute Gasteiger partial charge is 0.383 e. The van der Waals surface area contributed by atoms with Crippen molar-refractivity contribution < 1.29 is 18.7 Å². The maximum absolute atomic E-state index is 13.7. The summed E-state index contributed by atoms with van der Waals surface area (Å²) in [5.41, 5.74) is 2.68. The lowest BCUT2D eigenvalue weighted by Crippen LogP contribution is -2.29. The van der Waals surface area contributed by atoms with Crippen LogP contribution in [0.15, 0.2) is 48.5 Å². The number of hydrogen-bond acceptors (Lipinski definition) is 3. The van der Waals surface area contributed by atoms with E-state index in [2.05, 4.69) is 10.6 Å². The van der Waals surface area contributed by atoms with Gasteiger partial charge in [0.1, 0.15) is 11.5 Å². The third-order valence-electron chi connectivity index (χ3n) is 4.75. The van der Waals surface area contributed by atoms with E-state index in [9.17, 15) is 14.0 Å². The number of rotatable bonds is 8. The molecule has 0 radical (unpaired) electrons. The minimum absolute atomic E-state index is 0.0777. The van der Waals surface area contributed by atoms with Gasteiger partial charge in [-0.05, 0) is 42.0 Å². The van der Waals surface area contributed by atoms with E-state index in [4.69, 9.17) is 4.74 Å². The average Bonchev–Trinajstić information content (AvgIpc) is 3.05. The highest BCUT2D eigenvalue weighted by atomic mass is 19.1. The lowest BCUT2D eigenvalue weighted by atomic mass is 10.2. The highest BCUT2D eigenvalue weighted by Crippen LogP contribution is 2.25. The summed E-state index contributed by atoms with van der Waals surface area (Å²) >= 11 is 0. The second-order valence-corrected chi connectivity index (χ2v) is 7.41. The van der Waals surface area contributed by atoms with Crippen LogP contribution >= 0.6 is 0 Å². The molecule has 0 unspecified atom stereocenters. The van der Waals surface area contributed by atoms with Gasteiger partial charge in [-0.15, -0.1) is 0 Å². The summed E-state index contributed by atoms with van der Waals surface area (Å²) in [5.74, 6) is -0.785. The molecule has 0 fully saturated rings. The van der Waals surface area contributed by atoms with Gasteiger partial charge in [0.05, 0.1) is 6.61 Å². The normalized spacial score (nSPS) is 11.1. The lowest BCUT2D eigenvalue weighted by Gasteiger charge is -2.12. The predicted octanol–water partition coefficient (Wildman–Crippen LogP) is 3.80. The number of fused-ring (bicyclic) bond motifs is 1. The minimum atomic E-state index is -0.325. The molecule has 2 N–H and O–H groups in total. The van der Waals surface area contributed by atoms with E-state index in [1.54, 1.807) is 25.3 Å². The van der Waals surface area contributed by atoms with Crippen LogP contribution in [0.5, 0.6) is 0 Å². The number of nitrogens with zero attached hydrogens (tertiary/aromatic N) is 1. The van der Waals surface area contributed by atoms with Gasteiger partial charge in [-0.2, -0.15) is 0 Å². The molecule has 2 amide bonds. The zero-order valence-corrected chi connectivity index (χ0v) is 17.4. The first kappa shape index (κ1) is 21.5. The van der Waals surface area contributed by atoms with E-state index in [1.165, 1.54) is 12.1 Å².